The van der Waals surface area contributed by atoms with Crippen LogP contribution in [0.15, 0.2) is 30.3 Å². The molecule has 5 unspecified atom stereocenters. The molecule has 0 radical (unpaired) electrons. The Morgan fingerprint density at radius 1 is 1.29 bits per heavy atom. The fourth-order valence-electron chi connectivity index (χ4n) is 3.97. The van der Waals surface area contributed by atoms with Crippen LogP contribution < -0.4 is 16.2 Å². The smallest absolute Gasteiger partial charge is 0.226 e. The number of hydrogen-bond donors (Lipinski definition) is 3. The molecule has 0 spiro atoms. The van der Waals surface area contributed by atoms with Crippen molar-refractivity contribution in [3.05, 3.63) is 35.9 Å². The Hall–Kier alpha value is -1.92. The van der Waals surface area contributed by atoms with Crippen molar-refractivity contribution in [2.45, 2.75) is 43.8 Å². The largest absolute Gasteiger partial charge is 0.351 e. The van der Waals surface area contributed by atoms with Gasteiger partial charge in [0.1, 0.15) is 0 Å². The van der Waals surface area contributed by atoms with E-state index in [9.17, 15) is 9.59 Å². The van der Waals surface area contributed by atoms with Crippen LogP contribution in [0, 0.1) is 5.92 Å². The lowest BCUT2D eigenvalue weighted by molar-refractivity contribution is -0.128. The van der Waals surface area contributed by atoms with Crippen molar-refractivity contribution in [3.63, 3.8) is 0 Å². The maximum absolute atomic E-state index is 12.4. The summed E-state index contributed by atoms with van der Waals surface area (Å²) < 4.78 is 0. The van der Waals surface area contributed by atoms with Crippen molar-refractivity contribution in [1.29, 1.82) is 0 Å². The second-order valence-electron chi connectivity index (χ2n) is 7.20. The Bertz CT molecular complexity index is 635. The third-order valence-electron chi connectivity index (χ3n) is 5.48. The van der Waals surface area contributed by atoms with E-state index in [4.69, 9.17) is 0 Å². The van der Waals surface area contributed by atoms with Crippen LogP contribution in [0.4, 0.5) is 0 Å². The van der Waals surface area contributed by atoms with Gasteiger partial charge in [0.25, 0.3) is 0 Å². The van der Waals surface area contributed by atoms with Gasteiger partial charge in [-0.15, -0.1) is 0 Å². The Labute approximate surface area is 141 Å². The standard InChI is InChI=1S/C18H24N4O2/c1-11-15(9-19-21-11)18(24)20-13-7-17(23)22(10-13)16-8-14(16)12-5-3-2-4-6-12/h2-6,11,13-16,19,21H,7-10H2,1H3,(H,20,24). The van der Waals surface area contributed by atoms with E-state index in [-0.39, 0.29) is 29.8 Å². The topological polar surface area (TPSA) is 73.5 Å². The van der Waals surface area contributed by atoms with Crippen molar-refractivity contribution < 1.29 is 9.59 Å². The number of carbonyl (C=O) groups is 2. The number of rotatable bonds is 4. The van der Waals surface area contributed by atoms with E-state index in [0.29, 0.717) is 31.5 Å². The van der Waals surface area contributed by atoms with E-state index in [0.717, 1.165) is 6.42 Å². The van der Waals surface area contributed by atoms with Crippen LogP contribution in [0.5, 0.6) is 0 Å². The van der Waals surface area contributed by atoms with Gasteiger partial charge < -0.3 is 10.2 Å². The summed E-state index contributed by atoms with van der Waals surface area (Å²) in [5.41, 5.74) is 7.37. The number of carbonyl (C=O) groups excluding carboxylic acids is 2. The normalized spacial score (nSPS) is 35.3. The van der Waals surface area contributed by atoms with Gasteiger partial charge in [-0.2, -0.15) is 0 Å². The SMILES string of the molecule is CC1NNCC1C(=O)NC1CC(=O)N(C2CC2c2ccccc2)C1. The fourth-order valence-corrected chi connectivity index (χ4v) is 3.97. The van der Waals surface area contributed by atoms with Crippen LogP contribution >= 0.6 is 0 Å². The van der Waals surface area contributed by atoms with E-state index in [1.165, 1.54) is 5.56 Å². The summed E-state index contributed by atoms with van der Waals surface area (Å²) in [6, 6.07) is 10.7. The first kappa shape index (κ1) is 15.6. The van der Waals surface area contributed by atoms with Crippen molar-refractivity contribution >= 4 is 11.8 Å². The van der Waals surface area contributed by atoms with Crippen LogP contribution in [0.25, 0.3) is 0 Å². The lowest BCUT2D eigenvalue weighted by Crippen LogP contribution is -2.44. The number of amides is 2. The minimum absolute atomic E-state index is 0.0371. The molecule has 24 heavy (non-hydrogen) atoms. The summed E-state index contributed by atoms with van der Waals surface area (Å²) in [7, 11) is 0. The van der Waals surface area contributed by atoms with E-state index >= 15 is 0 Å². The van der Waals surface area contributed by atoms with Crippen molar-refractivity contribution in [2.75, 3.05) is 13.1 Å². The monoisotopic (exact) mass is 328 g/mol. The minimum Gasteiger partial charge on any atom is -0.351 e. The van der Waals surface area contributed by atoms with E-state index in [1.807, 2.05) is 30.0 Å². The molecule has 1 aliphatic carbocycles. The highest BCUT2D eigenvalue weighted by molar-refractivity contribution is 5.84. The zero-order valence-corrected chi connectivity index (χ0v) is 13.9. The first-order chi connectivity index (χ1) is 11.6. The molecular formula is C18H24N4O2. The third kappa shape index (κ3) is 2.91. The molecular weight excluding hydrogens is 304 g/mol. The molecule has 1 saturated carbocycles. The molecule has 4 rings (SSSR count). The second-order valence-corrected chi connectivity index (χ2v) is 7.20. The Morgan fingerprint density at radius 3 is 2.79 bits per heavy atom. The molecule has 0 aromatic heterocycles. The third-order valence-corrected chi connectivity index (χ3v) is 5.48. The van der Waals surface area contributed by atoms with Gasteiger partial charge in [-0.3, -0.25) is 20.4 Å². The van der Waals surface area contributed by atoms with Crippen molar-refractivity contribution in [2.24, 2.45) is 5.92 Å². The van der Waals surface area contributed by atoms with Gasteiger partial charge in [-0.05, 0) is 18.9 Å². The predicted octanol–water partition coefficient (Wildman–Crippen LogP) is 0.372. The molecule has 2 aliphatic heterocycles. The highest BCUT2D eigenvalue weighted by atomic mass is 16.2. The van der Waals surface area contributed by atoms with Gasteiger partial charge >= 0.3 is 0 Å². The highest BCUT2D eigenvalue weighted by Crippen LogP contribution is 2.45. The molecule has 2 amide bonds. The Kier molecular flexibility index (Phi) is 4.02. The van der Waals surface area contributed by atoms with E-state index in [1.54, 1.807) is 0 Å². The average molecular weight is 328 g/mol. The minimum atomic E-state index is -0.0767. The van der Waals surface area contributed by atoms with Crippen LogP contribution in [0.2, 0.25) is 0 Å². The number of hydrazine groups is 1. The summed E-state index contributed by atoms with van der Waals surface area (Å²) >= 11 is 0. The first-order valence-corrected chi connectivity index (χ1v) is 8.76. The summed E-state index contributed by atoms with van der Waals surface area (Å²) in [4.78, 5) is 26.7. The maximum atomic E-state index is 12.4. The lowest BCUT2D eigenvalue weighted by Gasteiger charge is -2.19. The van der Waals surface area contributed by atoms with Crippen molar-refractivity contribution in [1.82, 2.24) is 21.1 Å². The van der Waals surface area contributed by atoms with Crippen LogP contribution in [-0.2, 0) is 9.59 Å². The van der Waals surface area contributed by atoms with E-state index in [2.05, 4.69) is 28.3 Å². The Morgan fingerprint density at radius 2 is 2.08 bits per heavy atom. The van der Waals surface area contributed by atoms with Crippen LogP contribution in [0.1, 0.15) is 31.2 Å². The number of nitrogens with zero attached hydrogens (tertiary/aromatic N) is 1. The Balaban J connectivity index is 1.34. The lowest BCUT2D eigenvalue weighted by atomic mass is 10.0. The van der Waals surface area contributed by atoms with Gasteiger partial charge in [-0.25, -0.2) is 0 Å². The molecule has 1 aromatic carbocycles. The zero-order chi connectivity index (χ0) is 16.7. The molecule has 2 saturated heterocycles. The molecule has 6 heteroatoms. The fraction of sp³-hybridized carbons (Fsp3) is 0.556. The summed E-state index contributed by atoms with van der Waals surface area (Å²) in [6.45, 7) is 3.27. The highest BCUT2D eigenvalue weighted by Gasteiger charge is 2.48. The number of benzene rings is 1. The first-order valence-electron chi connectivity index (χ1n) is 8.76. The number of likely N-dealkylation sites (tertiary alicyclic amines) is 1. The average Bonchev–Trinajstić information content (AvgIpc) is 3.12. The zero-order valence-electron chi connectivity index (χ0n) is 13.9. The van der Waals surface area contributed by atoms with Gasteiger partial charge in [0, 0.05) is 37.5 Å². The van der Waals surface area contributed by atoms with Crippen LogP contribution in [0.3, 0.4) is 0 Å². The molecule has 3 aliphatic rings. The van der Waals surface area contributed by atoms with Gasteiger partial charge in [-0.1, -0.05) is 30.3 Å². The quantitative estimate of drug-likeness (QED) is 0.747. The van der Waals surface area contributed by atoms with Gasteiger partial charge in [0.2, 0.25) is 11.8 Å². The molecule has 5 atom stereocenters. The molecule has 0 bridgehead atoms. The molecule has 1 aromatic rings. The molecule has 128 valence electrons. The molecule has 3 N–H and O–H groups in total. The van der Waals surface area contributed by atoms with Gasteiger partial charge in [0.05, 0.1) is 12.0 Å². The van der Waals surface area contributed by atoms with Crippen LogP contribution in [-0.4, -0.2) is 47.9 Å². The summed E-state index contributed by atoms with van der Waals surface area (Å²) in [5, 5.41) is 3.07. The maximum Gasteiger partial charge on any atom is 0.226 e. The number of hydrogen-bond acceptors (Lipinski definition) is 4. The summed E-state index contributed by atoms with van der Waals surface area (Å²) in [6.07, 6.45) is 1.45. The molecule has 3 fully saturated rings. The van der Waals surface area contributed by atoms with E-state index < -0.39 is 0 Å². The second kappa shape index (κ2) is 6.18. The molecule has 6 nitrogen and oxygen atoms in total. The summed E-state index contributed by atoms with van der Waals surface area (Å²) in [5.74, 6) is 0.578. The molecule has 2 heterocycles. The predicted molar refractivity (Wildman–Crippen MR) is 89.9 cm³/mol. The van der Waals surface area contributed by atoms with Gasteiger partial charge in [0.15, 0.2) is 0 Å². The number of nitrogens with one attached hydrogen (secondary N) is 3. The van der Waals surface area contributed by atoms with Crippen molar-refractivity contribution in [3.8, 4) is 0 Å².